The highest BCUT2D eigenvalue weighted by Crippen LogP contribution is 2.32. The van der Waals surface area contributed by atoms with Crippen LogP contribution in [0.4, 0.5) is 5.69 Å². The van der Waals surface area contributed by atoms with Crippen molar-refractivity contribution >= 4 is 35.2 Å². The second kappa shape index (κ2) is 8.14. The van der Waals surface area contributed by atoms with Gasteiger partial charge >= 0.3 is 5.97 Å². The van der Waals surface area contributed by atoms with Crippen molar-refractivity contribution in [3.8, 4) is 11.5 Å². The van der Waals surface area contributed by atoms with Gasteiger partial charge in [-0.25, -0.2) is 4.79 Å². The van der Waals surface area contributed by atoms with Crippen LogP contribution in [-0.4, -0.2) is 25.3 Å². The number of nitrogens with one attached hydrogen (secondary N) is 1. The third-order valence-corrected chi connectivity index (χ3v) is 4.15. The molecule has 0 fully saturated rings. The maximum Gasteiger partial charge on any atom is 0.331 e. The molecule has 0 saturated heterocycles. The molecule has 1 amide bonds. The molecule has 0 unspecified atom stereocenters. The van der Waals surface area contributed by atoms with Crippen molar-refractivity contribution in [1.82, 2.24) is 0 Å². The number of carbonyl (C=O) groups excluding carboxylic acids is 2. The van der Waals surface area contributed by atoms with E-state index in [1.54, 1.807) is 30.3 Å². The van der Waals surface area contributed by atoms with Gasteiger partial charge in [0.05, 0.1) is 10.7 Å². The first-order valence-corrected chi connectivity index (χ1v) is 8.61. The van der Waals surface area contributed by atoms with E-state index in [0.29, 0.717) is 22.2 Å². The molecule has 140 valence electrons. The Kier molecular flexibility index (Phi) is 5.66. The summed E-state index contributed by atoms with van der Waals surface area (Å²) < 4.78 is 15.5. The third kappa shape index (κ3) is 4.80. The van der Waals surface area contributed by atoms with E-state index in [1.165, 1.54) is 6.08 Å². The number of hydrogen-bond donors (Lipinski definition) is 1. The van der Waals surface area contributed by atoms with Crippen LogP contribution in [0, 0.1) is 13.8 Å². The predicted octanol–water partition coefficient (Wildman–Crippen LogP) is 3.88. The van der Waals surface area contributed by atoms with Gasteiger partial charge in [0.1, 0.15) is 0 Å². The molecule has 0 radical (unpaired) electrons. The van der Waals surface area contributed by atoms with Crippen molar-refractivity contribution in [3.05, 3.63) is 58.1 Å². The zero-order valence-corrected chi connectivity index (χ0v) is 15.6. The Hall–Kier alpha value is -2.99. The standard InChI is InChI=1S/C20H18ClNO5/c1-12-7-13(2)20(15(21)8-12)22-18(23)10-25-19(24)6-4-14-3-5-16-17(9-14)27-11-26-16/h3-9H,10-11H2,1-2H3,(H,22,23)/b6-4+. The zero-order chi connectivity index (χ0) is 19.4. The Morgan fingerprint density at radius 3 is 2.74 bits per heavy atom. The summed E-state index contributed by atoms with van der Waals surface area (Å²) in [6, 6.07) is 8.95. The minimum atomic E-state index is -0.630. The zero-order valence-electron chi connectivity index (χ0n) is 14.9. The molecule has 1 N–H and O–H groups in total. The Morgan fingerprint density at radius 1 is 1.19 bits per heavy atom. The Labute approximate surface area is 161 Å². The summed E-state index contributed by atoms with van der Waals surface area (Å²) in [4.78, 5) is 23.8. The molecule has 2 aromatic carbocycles. The molecule has 0 spiro atoms. The van der Waals surface area contributed by atoms with Gasteiger partial charge < -0.3 is 19.5 Å². The molecule has 0 saturated carbocycles. The molecule has 0 aromatic heterocycles. The van der Waals surface area contributed by atoms with Gasteiger partial charge in [0.15, 0.2) is 18.1 Å². The number of carbonyl (C=O) groups is 2. The molecule has 1 aliphatic heterocycles. The van der Waals surface area contributed by atoms with Gasteiger partial charge in [0.25, 0.3) is 5.91 Å². The molecule has 3 rings (SSSR count). The number of ether oxygens (including phenoxy) is 3. The molecule has 2 aromatic rings. The van der Waals surface area contributed by atoms with Crippen molar-refractivity contribution < 1.29 is 23.8 Å². The lowest BCUT2D eigenvalue weighted by Crippen LogP contribution is -2.20. The maximum absolute atomic E-state index is 12.0. The van der Waals surface area contributed by atoms with Gasteiger partial charge in [-0.2, -0.15) is 0 Å². The molecule has 27 heavy (non-hydrogen) atoms. The van der Waals surface area contributed by atoms with E-state index < -0.39 is 18.5 Å². The SMILES string of the molecule is Cc1cc(C)c(NC(=O)COC(=O)/C=C/c2ccc3c(c2)OCO3)c(Cl)c1. The van der Waals surface area contributed by atoms with E-state index in [-0.39, 0.29) is 6.79 Å². The smallest absolute Gasteiger partial charge is 0.331 e. The van der Waals surface area contributed by atoms with Crippen LogP contribution in [0.2, 0.25) is 5.02 Å². The number of fused-ring (bicyclic) bond motifs is 1. The monoisotopic (exact) mass is 387 g/mol. The number of esters is 1. The first-order valence-electron chi connectivity index (χ1n) is 8.23. The summed E-state index contributed by atoms with van der Waals surface area (Å²) in [7, 11) is 0. The van der Waals surface area contributed by atoms with Gasteiger partial charge in [-0.05, 0) is 54.8 Å². The fraction of sp³-hybridized carbons (Fsp3) is 0.200. The summed E-state index contributed by atoms with van der Waals surface area (Å²) in [5, 5.41) is 3.10. The van der Waals surface area contributed by atoms with E-state index >= 15 is 0 Å². The molecule has 1 aliphatic rings. The molecule has 6 nitrogen and oxygen atoms in total. The number of anilines is 1. The first kappa shape index (κ1) is 18.8. The summed E-state index contributed by atoms with van der Waals surface area (Å²) in [6.45, 7) is 3.53. The predicted molar refractivity (Wildman–Crippen MR) is 102 cm³/mol. The maximum atomic E-state index is 12.0. The summed E-state index contributed by atoms with van der Waals surface area (Å²) in [5.41, 5.74) is 3.10. The first-order chi connectivity index (χ1) is 12.9. The van der Waals surface area contributed by atoms with E-state index in [2.05, 4.69) is 5.32 Å². The highest BCUT2D eigenvalue weighted by molar-refractivity contribution is 6.34. The topological polar surface area (TPSA) is 73.9 Å². The average molecular weight is 388 g/mol. The number of aryl methyl sites for hydroxylation is 2. The fourth-order valence-corrected chi connectivity index (χ4v) is 2.98. The van der Waals surface area contributed by atoms with Crippen LogP contribution in [0.5, 0.6) is 11.5 Å². The number of benzene rings is 2. The van der Waals surface area contributed by atoms with Crippen molar-refractivity contribution in [1.29, 1.82) is 0 Å². The molecule has 1 heterocycles. The molecule has 0 bridgehead atoms. The lowest BCUT2D eigenvalue weighted by atomic mass is 10.1. The van der Waals surface area contributed by atoms with Crippen molar-refractivity contribution in [2.24, 2.45) is 0 Å². The second-order valence-corrected chi connectivity index (χ2v) is 6.45. The average Bonchev–Trinajstić information content (AvgIpc) is 3.09. The van der Waals surface area contributed by atoms with E-state index in [0.717, 1.165) is 16.7 Å². The largest absolute Gasteiger partial charge is 0.454 e. The van der Waals surface area contributed by atoms with Crippen molar-refractivity contribution in [2.45, 2.75) is 13.8 Å². The summed E-state index contributed by atoms with van der Waals surface area (Å²) in [5.74, 6) is 0.190. The Bertz CT molecular complexity index is 900. The van der Waals surface area contributed by atoms with Crippen LogP contribution in [-0.2, 0) is 14.3 Å². The number of amides is 1. The highest BCUT2D eigenvalue weighted by Gasteiger charge is 2.13. The minimum absolute atomic E-state index is 0.185. The van der Waals surface area contributed by atoms with Crippen molar-refractivity contribution in [2.75, 3.05) is 18.7 Å². The van der Waals surface area contributed by atoms with Gasteiger partial charge in [-0.3, -0.25) is 4.79 Å². The Balaban J connectivity index is 1.52. The van der Waals surface area contributed by atoms with Crippen LogP contribution >= 0.6 is 11.6 Å². The molecule has 0 aliphatic carbocycles. The van der Waals surface area contributed by atoms with E-state index in [1.807, 2.05) is 19.9 Å². The van der Waals surface area contributed by atoms with Gasteiger partial charge in [0, 0.05) is 6.08 Å². The van der Waals surface area contributed by atoms with E-state index in [4.69, 9.17) is 25.8 Å². The van der Waals surface area contributed by atoms with Crippen LogP contribution in [0.15, 0.2) is 36.4 Å². The lowest BCUT2D eigenvalue weighted by molar-refractivity contribution is -0.142. The van der Waals surface area contributed by atoms with Crippen molar-refractivity contribution in [3.63, 3.8) is 0 Å². The number of rotatable bonds is 5. The Morgan fingerprint density at radius 2 is 1.96 bits per heavy atom. The molecular formula is C20H18ClNO5. The fourth-order valence-electron chi connectivity index (χ4n) is 2.62. The van der Waals surface area contributed by atoms with E-state index in [9.17, 15) is 9.59 Å². The van der Waals surface area contributed by atoms with Gasteiger partial charge in [0.2, 0.25) is 6.79 Å². The molecule has 7 heteroatoms. The minimum Gasteiger partial charge on any atom is -0.454 e. The summed E-state index contributed by atoms with van der Waals surface area (Å²) in [6.07, 6.45) is 2.82. The van der Waals surface area contributed by atoms with Crippen LogP contribution in [0.25, 0.3) is 6.08 Å². The van der Waals surface area contributed by atoms with Crippen LogP contribution < -0.4 is 14.8 Å². The molecular weight excluding hydrogens is 370 g/mol. The third-order valence-electron chi connectivity index (χ3n) is 3.85. The number of hydrogen-bond acceptors (Lipinski definition) is 5. The normalized spacial score (nSPS) is 12.3. The van der Waals surface area contributed by atoms with Gasteiger partial charge in [-0.15, -0.1) is 0 Å². The quantitative estimate of drug-likeness (QED) is 0.622. The summed E-state index contributed by atoms with van der Waals surface area (Å²) >= 11 is 6.15. The van der Waals surface area contributed by atoms with Crippen LogP contribution in [0.3, 0.4) is 0 Å². The van der Waals surface area contributed by atoms with Crippen LogP contribution in [0.1, 0.15) is 16.7 Å². The van der Waals surface area contributed by atoms with Gasteiger partial charge in [-0.1, -0.05) is 23.7 Å². The highest BCUT2D eigenvalue weighted by atomic mass is 35.5. The number of halogens is 1. The lowest BCUT2D eigenvalue weighted by Gasteiger charge is -2.11. The molecule has 0 atom stereocenters. The second-order valence-electron chi connectivity index (χ2n) is 6.04.